The summed E-state index contributed by atoms with van der Waals surface area (Å²) in [5.41, 5.74) is -0.547. The van der Waals surface area contributed by atoms with E-state index in [1.165, 1.54) is 18.2 Å². The van der Waals surface area contributed by atoms with Gasteiger partial charge in [-0.3, -0.25) is 9.59 Å². The van der Waals surface area contributed by atoms with Crippen molar-refractivity contribution in [3.8, 4) is 17.0 Å². The lowest BCUT2D eigenvalue weighted by molar-refractivity contribution is -0.143. The van der Waals surface area contributed by atoms with Gasteiger partial charge in [-0.2, -0.15) is 13.2 Å². The average Bonchev–Trinajstić information content (AvgIpc) is 2.61. The zero-order valence-electron chi connectivity index (χ0n) is 14.1. The number of carbonyl (C=O) groups excluding carboxylic acids is 2. The highest BCUT2D eigenvalue weighted by Gasteiger charge is 2.30. The molecule has 5 nitrogen and oxygen atoms in total. The molecule has 9 heteroatoms. The van der Waals surface area contributed by atoms with Crippen LogP contribution < -0.4 is 0 Å². The summed E-state index contributed by atoms with van der Waals surface area (Å²) in [7, 11) is 0. The van der Waals surface area contributed by atoms with Gasteiger partial charge in [0.05, 0.1) is 28.8 Å². The Bertz CT molecular complexity index is 851. The molecule has 0 spiro atoms. The van der Waals surface area contributed by atoms with Crippen molar-refractivity contribution in [2.45, 2.75) is 25.9 Å². The van der Waals surface area contributed by atoms with E-state index in [9.17, 15) is 27.9 Å². The summed E-state index contributed by atoms with van der Waals surface area (Å²) in [6.07, 6.45) is -4.85. The van der Waals surface area contributed by atoms with Gasteiger partial charge < -0.3 is 9.84 Å². The van der Waals surface area contributed by atoms with Crippen molar-refractivity contribution in [2.75, 3.05) is 6.61 Å². The van der Waals surface area contributed by atoms with Gasteiger partial charge in [0.2, 0.25) is 0 Å². The second kappa shape index (κ2) is 8.51. The lowest BCUT2D eigenvalue weighted by Gasteiger charge is -2.10. The number of hydrogen-bond donors (Lipinski definition) is 1. The van der Waals surface area contributed by atoms with Crippen molar-refractivity contribution >= 4 is 27.7 Å². The van der Waals surface area contributed by atoms with Crippen LogP contribution in [0.2, 0.25) is 0 Å². The normalized spacial score (nSPS) is 11.3. The van der Waals surface area contributed by atoms with Gasteiger partial charge >= 0.3 is 12.1 Å². The van der Waals surface area contributed by atoms with E-state index in [4.69, 9.17) is 4.74 Å². The van der Waals surface area contributed by atoms with E-state index in [2.05, 4.69) is 20.9 Å². The van der Waals surface area contributed by atoms with E-state index < -0.39 is 29.2 Å². The van der Waals surface area contributed by atoms with Crippen LogP contribution in [0.5, 0.6) is 5.75 Å². The first-order chi connectivity index (χ1) is 12.6. The maximum Gasteiger partial charge on any atom is 0.416 e. The third-order valence-electron chi connectivity index (χ3n) is 3.58. The first kappa shape index (κ1) is 20.9. The number of pyridine rings is 1. The largest absolute Gasteiger partial charge is 0.504 e. The van der Waals surface area contributed by atoms with Crippen molar-refractivity contribution in [1.29, 1.82) is 0 Å². The standard InChI is InChI=1S/C18H15BrF3NO4/c1-2-27-15(25)8-7-14(24)16-17(26)12(19)9-13(23-16)10-3-5-11(6-4-10)18(20,21)22/h3-6,9,26H,2,7-8H2,1H3. The van der Waals surface area contributed by atoms with Crippen LogP contribution >= 0.6 is 15.9 Å². The smallest absolute Gasteiger partial charge is 0.416 e. The molecule has 1 aromatic carbocycles. The molecular formula is C18H15BrF3NO4. The third kappa shape index (κ3) is 5.29. The summed E-state index contributed by atoms with van der Waals surface area (Å²) < 4.78 is 42.9. The third-order valence-corrected chi connectivity index (χ3v) is 4.18. The Kier molecular flexibility index (Phi) is 6.59. The molecule has 0 radical (unpaired) electrons. The number of halogens is 4. The highest BCUT2D eigenvalue weighted by molar-refractivity contribution is 9.10. The van der Waals surface area contributed by atoms with E-state index in [0.717, 1.165) is 12.1 Å². The Morgan fingerprint density at radius 2 is 1.81 bits per heavy atom. The minimum Gasteiger partial charge on any atom is -0.504 e. The minimum absolute atomic E-state index is 0.159. The molecule has 1 heterocycles. The first-order valence-corrected chi connectivity index (χ1v) is 8.68. The molecule has 1 aromatic heterocycles. The lowest BCUT2D eigenvalue weighted by Crippen LogP contribution is -2.10. The van der Waals surface area contributed by atoms with E-state index in [1.807, 2.05) is 0 Å². The van der Waals surface area contributed by atoms with Crippen LogP contribution in [-0.2, 0) is 15.7 Å². The monoisotopic (exact) mass is 445 g/mol. The van der Waals surface area contributed by atoms with Gasteiger partial charge in [0.1, 0.15) is 5.69 Å². The quantitative estimate of drug-likeness (QED) is 0.512. The summed E-state index contributed by atoms with van der Waals surface area (Å²) in [6, 6.07) is 5.64. The van der Waals surface area contributed by atoms with Crippen molar-refractivity contribution in [3.63, 3.8) is 0 Å². The number of ether oxygens (including phenoxy) is 1. The number of aromatic nitrogens is 1. The van der Waals surface area contributed by atoms with Gasteiger partial charge in [0.25, 0.3) is 0 Å². The molecule has 0 saturated heterocycles. The molecule has 0 unspecified atom stereocenters. The number of alkyl halides is 3. The average molecular weight is 446 g/mol. The highest BCUT2D eigenvalue weighted by atomic mass is 79.9. The molecule has 0 aliphatic rings. The molecule has 0 aliphatic heterocycles. The SMILES string of the molecule is CCOC(=O)CCC(=O)c1nc(-c2ccc(C(F)(F)F)cc2)cc(Br)c1O. The summed E-state index contributed by atoms with van der Waals surface area (Å²) >= 11 is 3.10. The van der Waals surface area contributed by atoms with Crippen LogP contribution in [0.1, 0.15) is 35.8 Å². The molecule has 0 atom stereocenters. The number of ketones is 1. The van der Waals surface area contributed by atoms with Crippen LogP contribution in [-0.4, -0.2) is 28.4 Å². The zero-order chi connectivity index (χ0) is 20.2. The Hall–Kier alpha value is -2.42. The van der Waals surface area contributed by atoms with Gasteiger partial charge in [0, 0.05) is 12.0 Å². The molecule has 0 bridgehead atoms. The molecule has 0 saturated carbocycles. The van der Waals surface area contributed by atoms with E-state index in [1.54, 1.807) is 6.92 Å². The molecule has 0 amide bonds. The van der Waals surface area contributed by atoms with E-state index in [-0.39, 0.29) is 35.3 Å². The van der Waals surface area contributed by atoms with Crippen molar-refractivity contribution in [2.24, 2.45) is 0 Å². The number of hydrogen-bond acceptors (Lipinski definition) is 5. The summed E-state index contributed by atoms with van der Waals surface area (Å²) in [4.78, 5) is 27.7. The Balaban J connectivity index is 2.30. The van der Waals surface area contributed by atoms with Crippen molar-refractivity contribution in [1.82, 2.24) is 4.98 Å². The number of aromatic hydroxyl groups is 1. The van der Waals surface area contributed by atoms with Crippen molar-refractivity contribution < 1.29 is 32.6 Å². The molecule has 1 N–H and O–H groups in total. The molecule has 27 heavy (non-hydrogen) atoms. The van der Waals surface area contributed by atoms with Crippen molar-refractivity contribution in [3.05, 3.63) is 46.1 Å². The van der Waals surface area contributed by atoms with Crippen LogP contribution in [0.15, 0.2) is 34.8 Å². The maximum absolute atomic E-state index is 12.7. The summed E-state index contributed by atoms with van der Waals surface area (Å²) in [5, 5.41) is 10.1. The Morgan fingerprint density at radius 3 is 2.37 bits per heavy atom. The Morgan fingerprint density at radius 1 is 1.19 bits per heavy atom. The molecule has 0 aliphatic carbocycles. The topological polar surface area (TPSA) is 76.5 Å². The number of Topliss-reactive ketones (excluding diaryl/α,β-unsaturated/α-hetero) is 1. The van der Waals surface area contributed by atoms with Crippen LogP contribution in [0.3, 0.4) is 0 Å². The zero-order valence-corrected chi connectivity index (χ0v) is 15.7. The second-order valence-electron chi connectivity index (χ2n) is 5.49. The van der Waals surface area contributed by atoms with Gasteiger partial charge in [-0.25, -0.2) is 4.98 Å². The fourth-order valence-corrected chi connectivity index (χ4v) is 2.65. The molecule has 144 valence electrons. The van der Waals surface area contributed by atoms with Crippen LogP contribution in [0.25, 0.3) is 11.3 Å². The maximum atomic E-state index is 12.7. The number of benzene rings is 1. The number of carbonyl (C=O) groups is 2. The highest BCUT2D eigenvalue weighted by Crippen LogP contribution is 2.34. The predicted molar refractivity (Wildman–Crippen MR) is 94.2 cm³/mol. The summed E-state index contributed by atoms with van der Waals surface area (Å²) in [5.74, 6) is -1.54. The minimum atomic E-state index is -4.46. The number of nitrogens with zero attached hydrogens (tertiary/aromatic N) is 1. The number of rotatable bonds is 6. The fraction of sp³-hybridized carbons (Fsp3) is 0.278. The van der Waals surface area contributed by atoms with E-state index >= 15 is 0 Å². The predicted octanol–water partition coefficient (Wildman–Crippen LogP) is 4.76. The Labute approximate surface area is 161 Å². The van der Waals surface area contributed by atoms with Gasteiger partial charge in [0.15, 0.2) is 11.5 Å². The molecule has 2 rings (SSSR count). The van der Waals surface area contributed by atoms with Gasteiger partial charge in [-0.05, 0) is 41.1 Å². The second-order valence-corrected chi connectivity index (χ2v) is 6.34. The molecule has 2 aromatic rings. The van der Waals surface area contributed by atoms with Gasteiger partial charge in [-0.15, -0.1) is 0 Å². The fourth-order valence-electron chi connectivity index (χ4n) is 2.25. The number of esters is 1. The van der Waals surface area contributed by atoms with Crippen LogP contribution in [0, 0.1) is 0 Å². The summed E-state index contributed by atoms with van der Waals surface area (Å²) in [6.45, 7) is 1.82. The van der Waals surface area contributed by atoms with Crippen LogP contribution in [0.4, 0.5) is 13.2 Å². The first-order valence-electron chi connectivity index (χ1n) is 7.89. The molecular weight excluding hydrogens is 431 g/mol. The van der Waals surface area contributed by atoms with Gasteiger partial charge in [-0.1, -0.05) is 12.1 Å². The lowest BCUT2D eigenvalue weighted by atomic mass is 10.1. The van der Waals surface area contributed by atoms with E-state index in [0.29, 0.717) is 5.56 Å². The molecule has 0 fully saturated rings.